The van der Waals surface area contributed by atoms with Gasteiger partial charge in [0.05, 0.1) is 6.10 Å². The fourth-order valence-corrected chi connectivity index (χ4v) is 2.93. The molecule has 2 heterocycles. The predicted molar refractivity (Wildman–Crippen MR) is 66.5 cm³/mol. The van der Waals surface area contributed by atoms with Crippen molar-refractivity contribution in [1.29, 1.82) is 0 Å². The number of hydrogen-bond acceptors (Lipinski definition) is 3. The quantitative estimate of drug-likeness (QED) is 0.779. The molecule has 16 heavy (non-hydrogen) atoms. The molecule has 0 radical (unpaired) electrons. The molecule has 0 saturated carbocycles. The van der Waals surface area contributed by atoms with Crippen LogP contribution in [0.2, 0.25) is 0 Å². The van der Waals surface area contributed by atoms with E-state index in [2.05, 4.69) is 9.80 Å². The van der Waals surface area contributed by atoms with Crippen LogP contribution in [0, 0.1) is 5.92 Å². The Morgan fingerprint density at radius 3 is 2.38 bits per heavy atom. The summed E-state index contributed by atoms with van der Waals surface area (Å²) in [5.74, 6) is 0.515. The Kier molecular flexibility index (Phi) is 4.62. The number of hydrogen-bond donors (Lipinski definition) is 1. The molecule has 0 aromatic carbocycles. The summed E-state index contributed by atoms with van der Waals surface area (Å²) in [6.45, 7) is 9.24. The van der Waals surface area contributed by atoms with Gasteiger partial charge in [0.2, 0.25) is 0 Å². The van der Waals surface area contributed by atoms with Crippen molar-refractivity contribution in [3.63, 3.8) is 0 Å². The van der Waals surface area contributed by atoms with Crippen LogP contribution in [-0.2, 0) is 0 Å². The lowest BCUT2D eigenvalue weighted by atomic mass is 10.0. The van der Waals surface area contributed by atoms with E-state index in [1.54, 1.807) is 0 Å². The first-order chi connectivity index (χ1) is 7.75. The van der Waals surface area contributed by atoms with Gasteiger partial charge in [0, 0.05) is 19.6 Å². The predicted octanol–water partition coefficient (Wildman–Crippen LogP) is 1.17. The van der Waals surface area contributed by atoms with Gasteiger partial charge in [0.1, 0.15) is 0 Å². The van der Waals surface area contributed by atoms with Gasteiger partial charge >= 0.3 is 0 Å². The minimum absolute atomic E-state index is 0.125. The molecule has 3 nitrogen and oxygen atoms in total. The molecule has 3 heteroatoms. The van der Waals surface area contributed by atoms with Crippen molar-refractivity contribution >= 4 is 0 Å². The van der Waals surface area contributed by atoms with Crippen molar-refractivity contribution in [2.75, 3.05) is 39.3 Å². The number of aliphatic hydroxyl groups excluding tert-OH is 1. The lowest BCUT2D eigenvalue weighted by Gasteiger charge is -2.28. The summed E-state index contributed by atoms with van der Waals surface area (Å²) in [5.41, 5.74) is 0. The van der Waals surface area contributed by atoms with E-state index in [4.69, 9.17) is 0 Å². The standard InChI is InChI=1S/C13H26N2O/c1-12(16)13-5-8-15(11-13)10-9-14-6-3-2-4-7-14/h12-13,16H,2-11H2,1H3. The van der Waals surface area contributed by atoms with Gasteiger partial charge in [-0.15, -0.1) is 0 Å². The summed E-state index contributed by atoms with van der Waals surface area (Å²) in [5, 5.41) is 9.55. The molecule has 2 fully saturated rings. The lowest BCUT2D eigenvalue weighted by molar-refractivity contribution is 0.125. The third-order valence-corrected chi connectivity index (χ3v) is 4.17. The number of nitrogens with zero attached hydrogens (tertiary/aromatic N) is 2. The topological polar surface area (TPSA) is 26.7 Å². The van der Waals surface area contributed by atoms with Crippen molar-refractivity contribution in [3.8, 4) is 0 Å². The summed E-state index contributed by atoms with van der Waals surface area (Å²) >= 11 is 0. The van der Waals surface area contributed by atoms with Gasteiger partial charge in [-0.3, -0.25) is 0 Å². The first kappa shape index (κ1) is 12.3. The number of likely N-dealkylation sites (tertiary alicyclic amines) is 2. The lowest BCUT2D eigenvalue weighted by Crippen LogP contribution is -2.37. The van der Waals surface area contributed by atoms with E-state index >= 15 is 0 Å². The zero-order valence-electron chi connectivity index (χ0n) is 10.6. The Labute approximate surface area is 99.4 Å². The fourth-order valence-electron chi connectivity index (χ4n) is 2.93. The highest BCUT2D eigenvalue weighted by molar-refractivity contribution is 4.79. The maximum absolute atomic E-state index is 9.55. The van der Waals surface area contributed by atoms with E-state index in [0.29, 0.717) is 5.92 Å². The van der Waals surface area contributed by atoms with Gasteiger partial charge < -0.3 is 14.9 Å². The Bertz CT molecular complexity index is 202. The summed E-state index contributed by atoms with van der Waals surface area (Å²) < 4.78 is 0. The van der Waals surface area contributed by atoms with Crippen LogP contribution in [-0.4, -0.2) is 60.3 Å². The zero-order valence-corrected chi connectivity index (χ0v) is 10.6. The van der Waals surface area contributed by atoms with Crippen LogP contribution >= 0.6 is 0 Å². The van der Waals surface area contributed by atoms with Gasteiger partial charge in [-0.25, -0.2) is 0 Å². The van der Waals surface area contributed by atoms with E-state index in [1.165, 1.54) is 58.4 Å². The van der Waals surface area contributed by atoms with Crippen LogP contribution < -0.4 is 0 Å². The molecule has 2 rings (SSSR count). The molecule has 0 aromatic rings. The minimum atomic E-state index is -0.125. The van der Waals surface area contributed by atoms with Gasteiger partial charge in [-0.05, 0) is 51.7 Å². The molecule has 2 saturated heterocycles. The SMILES string of the molecule is CC(O)C1CCN(CCN2CCCCC2)C1. The molecule has 0 aromatic heterocycles. The van der Waals surface area contributed by atoms with Crippen molar-refractivity contribution < 1.29 is 5.11 Å². The maximum atomic E-state index is 9.55. The maximum Gasteiger partial charge on any atom is 0.0552 e. The highest BCUT2D eigenvalue weighted by Crippen LogP contribution is 2.19. The third kappa shape index (κ3) is 3.44. The average molecular weight is 226 g/mol. The molecule has 0 spiro atoms. The summed E-state index contributed by atoms with van der Waals surface area (Å²) in [6, 6.07) is 0. The third-order valence-electron chi connectivity index (χ3n) is 4.17. The first-order valence-electron chi connectivity index (χ1n) is 6.88. The molecule has 0 amide bonds. The monoisotopic (exact) mass is 226 g/mol. The normalized spacial score (nSPS) is 30.8. The summed E-state index contributed by atoms with van der Waals surface area (Å²) in [4.78, 5) is 5.12. The van der Waals surface area contributed by atoms with E-state index in [-0.39, 0.29) is 6.10 Å². The molecular weight excluding hydrogens is 200 g/mol. The first-order valence-corrected chi connectivity index (χ1v) is 6.88. The fraction of sp³-hybridized carbons (Fsp3) is 1.00. The molecule has 2 atom stereocenters. The Morgan fingerprint density at radius 2 is 1.75 bits per heavy atom. The van der Waals surface area contributed by atoms with Crippen molar-refractivity contribution in [1.82, 2.24) is 9.80 Å². The van der Waals surface area contributed by atoms with E-state index in [9.17, 15) is 5.11 Å². The Balaban J connectivity index is 1.63. The van der Waals surface area contributed by atoms with Crippen LogP contribution in [0.15, 0.2) is 0 Å². The van der Waals surface area contributed by atoms with Crippen LogP contribution in [0.4, 0.5) is 0 Å². The largest absolute Gasteiger partial charge is 0.393 e. The minimum Gasteiger partial charge on any atom is -0.393 e. The molecule has 2 unspecified atom stereocenters. The van der Waals surface area contributed by atoms with Gasteiger partial charge in [-0.2, -0.15) is 0 Å². The second-order valence-corrected chi connectivity index (χ2v) is 5.49. The van der Waals surface area contributed by atoms with Crippen molar-refractivity contribution in [2.24, 2.45) is 5.92 Å². The van der Waals surface area contributed by atoms with Gasteiger partial charge in [0.25, 0.3) is 0 Å². The highest BCUT2D eigenvalue weighted by Gasteiger charge is 2.25. The molecule has 0 aliphatic carbocycles. The van der Waals surface area contributed by atoms with E-state index in [0.717, 1.165) is 6.54 Å². The summed E-state index contributed by atoms with van der Waals surface area (Å²) in [7, 11) is 0. The molecule has 94 valence electrons. The van der Waals surface area contributed by atoms with Gasteiger partial charge in [-0.1, -0.05) is 6.42 Å². The van der Waals surface area contributed by atoms with Crippen LogP contribution in [0.3, 0.4) is 0 Å². The average Bonchev–Trinajstić information content (AvgIpc) is 2.76. The highest BCUT2D eigenvalue weighted by atomic mass is 16.3. The summed E-state index contributed by atoms with van der Waals surface area (Å²) in [6.07, 6.45) is 5.24. The molecule has 2 aliphatic heterocycles. The Hall–Kier alpha value is -0.120. The number of piperidine rings is 1. The second kappa shape index (κ2) is 5.99. The molecule has 2 aliphatic rings. The van der Waals surface area contributed by atoms with Crippen molar-refractivity contribution in [2.45, 2.75) is 38.7 Å². The van der Waals surface area contributed by atoms with Crippen molar-refractivity contribution in [3.05, 3.63) is 0 Å². The van der Waals surface area contributed by atoms with Crippen LogP contribution in [0.25, 0.3) is 0 Å². The van der Waals surface area contributed by atoms with Crippen LogP contribution in [0.1, 0.15) is 32.6 Å². The smallest absolute Gasteiger partial charge is 0.0552 e. The molecule has 1 N–H and O–H groups in total. The number of rotatable bonds is 4. The van der Waals surface area contributed by atoms with E-state index < -0.39 is 0 Å². The van der Waals surface area contributed by atoms with E-state index in [1.807, 2.05) is 6.92 Å². The molecule has 0 bridgehead atoms. The van der Waals surface area contributed by atoms with Crippen LogP contribution in [0.5, 0.6) is 0 Å². The molecular formula is C13H26N2O. The zero-order chi connectivity index (χ0) is 11.4. The second-order valence-electron chi connectivity index (χ2n) is 5.49. The van der Waals surface area contributed by atoms with Gasteiger partial charge in [0.15, 0.2) is 0 Å². The number of aliphatic hydroxyl groups is 1. The Morgan fingerprint density at radius 1 is 1.06 bits per heavy atom.